The number of likely N-dealkylation sites (N-methyl/N-ethyl adjacent to an activating group) is 1. The zero-order chi connectivity index (χ0) is 13.1. The summed E-state index contributed by atoms with van der Waals surface area (Å²) < 4.78 is 5.82. The fourth-order valence-corrected chi connectivity index (χ4v) is 3.59. The fraction of sp³-hybridized carbons (Fsp3) is 1.00. The molecule has 1 saturated heterocycles. The lowest BCUT2D eigenvalue weighted by Crippen LogP contribution is -2.61. The van der Waals surface area contributed by atoms with Crippen LogP contribution in [0.4, 0.5) is 0 Å². The topological polar surface area (TPSA) is 38.5 Å². The van der Waals surface area contributed by atoms with Gasteiger partial charge in [0.25, 0.3) is 0 Å². The van der Waals surface area contributed by atoms with Crippen LogP contribution in [0.5, 0.6) is 0 Å². The van der Waals surface area contributed by atoms with E-state index in [-0.39, 0.29) is 11.1 Å². The highest BCUT2D eigenvalue weighted by Gasteiger charge is 2.43. The lowest BCUT2D eigenvalue weighted by molar-refractivity contribution is -0.118. The monoisotopic (exact) mass is 260 g/mol. The van der Waals surface area contributed by atoms with E-state index in [1.165, 1.54) is 0 Å². The van der Waals surface area contributed by atoms with Crippen molar-refractivity contribution in [2.75, 3.05) is 32.2 Å². The first-order chi connectivity index (χ1) is 7.87. The largest absolute Gasteiger partial charge is 0.375 e. The van der Waals surface area contributed by atoms with Crippen molar-refractivity contribution in [2.45, 2.75) is 50.8 Å². The minimum Gasteiger partial charge on any atom is -0.375 e. The molecule has 0 saturated carbocycles. The first-order valence-electron chi connectivity index (χ1n) is 6.43. The molecule has 0 bridgehead atoms. The minimum absolute atomic E-state index is 0.0506. The molecule has 0 aliphatic carbocycles. The molecule has 4 heteroatoms. The van der Waals surface area contributed by atoms with Crippen molar-refractivity contribution in [1.29, 1.82) is 0 Å². The Kier molecular flexibility index (Phi) is 5.32. The second-order valence-electron chi connectivity index (χ2n) is 5.88. The molecule has 17 heavy (non-hydrogen) atoms. The standard InChI is InChI=1S/C13H28N2OS/c1-11(8-17-5)15(4)13(10-14)6-7-16-12(2,3)9-13/h11H,6-10,14H2,1-5H3. The Bertz CT molecular complexity index is 248. The van der Waals surface area contributed by atoms with Gasteiger partial charge in [-0.15, -0.1) is 0 Å². The maximum Gasteiger partial charge on any atom is 0.0644 e. The van der Waals surface area contributed by atoms with Gasteiger partial charge in [-0.25, -0.2) is 0 Å². The fourth-order valence-electron chi connectivity index (χ4n) is 2.89. The molecule has 1 fully saturated rings. The molecule has 0 aromatic carbocycles. The first kappa shape index (κ1) is 15.3. The number of hydrogen-bond donors (Lipinski definition) is 1. The van der Waals surface area contributed by atoms with Gasteiger partial charge in [-0.1, -0.05) is 0 Å². The summed E-state index contributed by atoms with van der Waals surface area (Å²) in [6, 6.07) is 0.558. The smallest absolute Gasteiger partial charge is 0.0644 e. The van der Waals surface area contributed by atoms with Crippen LogP contribution in [0.25, 0.3) is 0 Å². The van der Waals surface area contributed by atoms with Gasteiger partial charge in [0.15, 0.2) is 0 Å². The molecular formula is C13H28N2OS. The predicted octanol–water partition coefficient (Wildman–Crippen LogP) is 1.96. The van der Waals surface area contributed by atoms with Crippen LogP contribution >= 0.6 is 11.8 Å². The Morgan fingerprint density at radius 1 is 1.47 bits per heavy atom. The molecule has 2 atom stereocenters. The van der Waals surface area contributed by atoms with Gasteiger partial charge in [-0.05, 0) is 46.9 Å². The highest BCUT2D eigenvalue weighted by molar-refractivity contribution is 7.98. The summed E-state index contributed by atoms with van der Waals surface area (Å²) in [6.45, 7) is 8.17. The summed E-state index contributed by atoms with van der Waals surface area (Å²) in [7, 11) is 2.22. The van der Waals surface area contributed by atoms with Crippen molar-refractivity contribution in [2.24, 2.45) is 5.73 Å². The molecule has 1 aliphatic rings. The van der Waals surface area contributed by atoms with Crippen LogP contribution in [-0.4, -0.2) is 54.3 Å². The Morgan fingerprint density at radius 2 is 2.12 bits per heavy atom. The Balaban J connectivity index is 2.80. The van der Waals surface area contributed by atoms with Crippen LogP contribution in [-0.2, 0) is 4.74 Å². The average Bonchev–Trinajstić information content (AvgIpc) is 2.26. The maximum atomic E-state index is 6.09. The van der Waals surface area contributed by atoms with E-state index in [1.54, 1.807) is 0 Å². The first-order valence-corrected chi connectivity index (χ1v) is 7.82. The molecule has 2 unspecified atom stereocenters. The van der Waals surface area contributed by atoms with Crippen LogP contribution < -0.4 is 5.73 Å². The number of nitrogens with zero attached hydrogens (tertiary/aromatic N) is 1. The van der Waals surface area contributed by atoms with Gasteiger partial charge in [0, 0.05) is 30.5 Å². The summed E-state index contributed by atoms with van der Waals surface area (Å²) in [5.74, 6) is 1.15. The minimum atomic E-state index is -0.0506. The Morgan fingerprint density at radius 3 is 2.59 bits per heavy atom. The van der Waals surface area contributed by atoms with E-state index in [4.69, 9.17) is 10.5 Å². The summed E-state index contributed by atoms with van der Waals surface area (Å²) in [5.41, 5.74) is 6.15. The molecule has 3 nitrogen and oxygen atoms in total. The Hall–Kier alpha value is 0.230. The van der Waals surface area contributed by atoms with Gasteiger partial charge >= 0.3 is 0 Å². The molecule has 0 aromatic heterocycles. The van der Waals surface area contributed by atoms with Crippen molar-refractivity contribution < 1.29 is 4.74 Å². The maximum absolute atomic E-state index is 6.09. The molecular weight excluding hydrogens is 232 g/mol. The van der Waals surface area contributed by atoms with E-state index >= 15 is 0 Å². The highest BCUT2D eigenvalue weighted by atomic mass is 32.2. The second-order valence-corrected chi connectivity index (χ2v) is 6.79. The SMILES string of the molecule is CSCC(C)N(C)C1(CN)CCOC(C)(C)C1. The van der Waals surface area contributed by atoms with E-state index in [0.717, 1.165) is 31.7 Å². The lowest BCUT2D eigenvalue weighted by Gasteiger charge is -2.51. The number of ether oxygens (including phenoxy) is 1. The predicted molar refractivity (Wildman–Crippen MR) is 76.7 cm³/mol. The van der Waals surface area contributed by atoms with Crippen LogP contribution in [0.1, 0.15) is 33.6 Å². The van der Waals surface area contributed by atoms with Crippen molar-refractivity contribution in [3.63, 3.8) is 0 Å². The van der Waals surface area contributed by atoms with Gasteiger partial charge in [0.1, 0.15) is 0 Å². The van der Waals surface area contributed by atoms with Gasteiger partial charge in [0.05, 0.1) is 5.60 Å². The molecule has 1 heterocycles. The number of rotatable bonds is 5. The van der Waals surface area contributed by atoms with E-state index in [0.29, 0.717) is 6.04 Å². The highest BCUT2D eigenvalue weighted by Crippen LogP contribution is 2.36. The van der Waals surface area contributed by atoms with E-state index in [2.05, 4.69) is 39.0 Å². The molecule has 0 spiro atoms. The zero-order valence-electron chi connectivity index (χ0n) is 12.0. The Labute approximate surface area is 110 Å². The molecule has 1 rings (SSSR count). The molecule has 2 N–H and O–H groups in total. The van der Waals surface area contributed by atoms with Crippen LogP contribution in [0, 0.1) is 0 Å². The summed E-state index contributed by atoms with van der Waals surface area (Å²) in [4.78, 5) is 2.48. The van der Waals surface area contributed by atoms with Crippen molar-refractivity contribution in [3.8, 4) is 0 Å². The quantitative estimate of drug-likeness (QED) is 0.820. The zero-order valence-corrected chi connectivity index (χ0v) is 12.8. The van der Waals surface area contributed by atoms with Gasteiger partial charge in [-0.2, -0.15) is 11.8 Å². The third-order valence-electron chi connectivity index (χ3n) is 4.01. The van der Waals surface area contributed by atoms with Crippen molar-refractivity contribution in [1.82, 2.24) is 4.90 Å². The summed E-state index contributed by atoms with van der Waals surface area (Å²) in [5, 5.41) is 0. The lowest BCUT2D eigenvalue weighted by atomic mass is 9.79. The molecule has 0 radical (unpaired) electrons. The van der Waals surface area contributed by atoms with Crippen LogP contribution in [0.2, 0.25) is 0 Å². The molecule has 0 aromatic rings. The van der Waals surface area contributed by atoms with Crippen LogP contribution in [0.15, 0.2) is 0 Å². The molecule has 102 valence electrons. The molecule has 1 aliphatic heterocycles. The van der Waals surface area contributed by atoms with E-state index < -0.39 is 0 Å². The van der Waals surface area contributed by atoms with Crippen LogP contribution in [0.3, 0.4) is 0 Å². The summed E-state index contributed by atoms with van der Waals surface area (Å²) in [6.07, 6.45) is 4.22. The summed E-state index contributed by atoms with van der Waals surface area (Å²) >= 11 is 1.90. The molecule has 0 amide bonds. The second kappa shape index (κ2) is 5.91. The van der Waals surface area contributed by atoms with E-state index in [1.807, 2.05) is 11.8 Å². The number of thioether (sulfide) groups is 1. The third kappa shape index (κ3) is 3.60. The van der Waals surface area contributed by atoms with E-state index in [9.17, 15) is 0 Å². The number of nitrogens with two attached hydrogens (primary N) is 1. The van der Waals surface area contributed by atoms with Crippen molar-refractivity contribution in [3.05, 3.63) is 0 Å². The third-order valence-corrected chi connectivity index (χ3v) is 4.83. The van der Waals surface area contributed by atoms with Gasteiger partial charge in [0.2, 0.25) is 0 Å². The van der Waals surface area contributed by atoms with Crippen molar-refractivity contribution >= 4 is 11.8 Å². The number of hydrogen-bond acceptors (Lipinski definition) is 4. The average molecular weight is 260 g/mol. The normalized spacial score (nSPS) is 30.5. The van der Waals surface area contributed by atoms with Gasteiger partial charge in [-0.3, -0.25) is 4.90 Å². The van der Waals surface area contributed by atoms with Gasteiger partial charge < -0.3 is 10.5 Å².